The second kappa shape index (κ2) is 5.04. The number of hydrogen-bond acceptors (Lipinski definition) is 2. The van der Waals surface area contributed by atoms with E-state index in [1.807, 2.05) is 0 Å². The van der Waals surface area contributed by atoms with Crippen molar-refractivity contribution in [2.45, 2.75) is 13.8 Å². The molecule has 21 heavy (non-hydrogen) atoms. The average Bonchev–Trinajstić information content (AvgIpc) is 2.41. The van der Waals surface area contributed by atoms with Gasteiger partial charge in [-0.15, -0.1) is 0 Å². The summed E-state index contributed by atoms with van der Waals surface area (Å²) in [6, 6.07) is 7.62. The molecule has 106 valence electrons. The van der Waals surface area contributed by atoms with Crippen molar-refractivity contribution in [3.8, 4) is 11.4 Å². The maximum absolute atomic E-state index is 14.0. The quantitative estimate of drug-likeness (QED) is 0.601. The van der Waals surface area contributed by atoms with Crippen LogP contribution < -0.4 is 0 Å². The molecule has 3 aromatic rings. The summed E-state index contributed by atoms with van der Waals surface area (Å²) in [5, 5.41) is 0.727. The fourth-order valence-corrected chi connectivity index (χ4v) is 2.37. The normalized spacial score (nSPS) is 11.1. The predicted octanol–water partition coefficient (Wildman–Crippen LogP) is 4.85. The molecule has 2 aromatic carbocycles. The Balaban J connectivity index is 2.27. The maximum atomic E-state index is 14.0. The van der Waals surface area contributed by atoms with Crippen LogP contribution in [0, 0.1) is 25.5 Å². The van der Waals surface area contributed by atoms with Gasteiger partial charge in [0.1, 0.15) is 16.8 Å². The van der Waals surface area contributed by atoms with E-state index in [1.54, 1.807) is 32.0 Å². The first-order valence-corrected chi connectivity index (χ1v) is 6.73. The first-order valence-electron chi connectivity index (χ1n) is 6.35. The van der Waals surface area contributed by atoms with E-state index in [1.165, 1.54) is 12.1 Å². The topological polar surface area (TPSA) is 25.8 Å². The molecule has 3 rings (SSSR count). The van der Waals surface area contributed by atoms with Gasteiger partial charge in [0.05, 0.1) is 11.1 Å². The lowest BCUT2D eigenvalue weighted by atomic mass is 10.1. The molecule has 0 N–H and O–H groups in total. The van der Waals surface area contributed by atoms with E-state index in [2.05, 4.69) is 9.97 Å². The largest absolute Gasteiger partial charge is 0.228 e. The lowest BCUT2D eigenvalue weighted by Crippen LogP contribution is -1.96. The summed E-state index contributed by atoms with van der Waals surface area (Å²) in [6.45, 7) is 3.43. The summed E-state index contributed by atoms with van der Waals surface area (Å²) in [4.78, 5) is 8.35. The number of nitrogens with zero attached hydrogens (tertiary/aromatic N) is 2. The number of benzene rings is 2. The minimum atomic E-state index is -0.432. The third kappa shape index (κ3) is 2.47. The Kier molecular flexibility index (Phi) is 3.33. The first-order chi connectivity index (χ1) is 9.95. The van der Waals surface area contributed by atoms with Crippen molar-refractivity contribution in [2.75, 3.05) is 0 Å². The summed E-state index contributed by atoms with van der Waals surface area (Å²) in [6.07, 6.45) is 0. The summed E-state index contributed by atoms with van der Waals surface area (Å²) >= 11 is 6.12. The number of rotatable bonds is 1. The number of aromatic nitrogens is 2. The van der Waals surface area contributed by atoms with Crippen LogP contribution in [0.5, 0.6) is 0 Å². The molecule has 0 aliphatic rings. The van der Waals surface area contributed by atoms with E-state index >= 15 is 0 Å². The highest BCUT2D eigenvalue weighted by atomic mass is 35.5. The molecule has 0 amide bonds. The van der Waals surface area contributed by atoms with E-state index in [0.717, 1.165) is 5.56 Å². The molecule has 0 bridgehead atoms. The van der Waals surface area contributed by atoms with Gasteiger partial charge >= 0.3 is 0 Å². The van der Waals surface area contributed by atoms with E-state index in [-0.39, 0.29) is 22.4 Å². The zero-order chi connectivity index (χ0) is 15.1. The molecule has 0 saturated carbocycles. The van der Waals surface area contributed by atoms with Gasteiger partial charge in [-0.05, 0) is 43.2 Å². The second-order valence-corrected chi connectivity index (χ2v) is 5.30. The van der Waals surface area contributed by atoms with Gasteiger partial charge in [-0.3, -0.25) is 0 Å². The molecule has 0 fully saturated rings. The van der Waals surface area contributed by atoms with Gasteiger partial charge < -0.3 is 0 Å². The average molecular weight is 305 g/mol. The van der Waals surface area contributed by atoms with Crippen molar-refractivity contribution in [1.29, 1.82) is 0 Å². The molecular weight excluding hydrogens is 294 g/mol. The molecule has 0 aliphatic heterocycles. The lowest BCUT2D eigenvalue weighted by molar-refractivity contribution is 0.620. The number of halogens is 3. The minimum Gasteiger partial charge on any atom is -0.228 e. The Bertz CT molecular complexity index is 863. The fourth-order valence-electron chi connectivity index (χ4n) is 2.14. The molecule has 2 nitrogen and oxygen atoms in total. The van der Waals surface area contributed by atoms with E-state index in [4.69, 9.17) is 11.6 Å². The van der Waals surface area contributed by atoms with Crippen molar-refractivity contribution in [3.05, 3.63) is 58.2 Å². The highest BCUT2D eigenvalue weighted by Crippen LogP contribution is 2.28. The third-order valence-electron chi connectivity index (χ3n) is 3.30. The molecular formula is C16H11ClF2N2. The van der Waals surface area contributed by atoms with Crippen LogP contribution in [0.3, 0.4) is 0 Å². The number of fused-ring (bicyclic) bond motifs is 1. The van der Waals surface area contributed by atoms with Crippen molar-refractivity contribution in [3.63, 3.8) is 0 Å². The Morgan fingerprint density at radius 2 is 1.71 bits per heavy atom. The molecule has 0 saturated heterocycles. The lowest BCUT2D eigenvalue weighted by Gasteiger charge is -2.07. The predicted molar refractivity (Wildman–Crippen MR) is 79.4 cm³/mol. The van der Waals surface area contributed by atoms with Crippen molar-refractivity contribution in [2.24, 2.45) is 0 Å². The Morgan fingerprint density at radius 1 is 0.952 bits per heavy atom. The van der Waals surface area contributed by atoms with Crippen molar-refractivity contribution >= 4 is 22.5 Å². The van der Waals surface area contributed by atoms with Crippen LogP contribution >= 0.6 is 11.6 Å². The SMILES string of the molecule is Cc1ccc(-c2nc(Cl)c3cc(C)c(F)cc3n2)c(F)c1. The Hall–Kier alpha value is -2.07. The third-order valence-corrected chi connectivity index (χ3v) is 3.58. The number of hydrogen-bond donors (Lipinski definition) is 0. The van der Waals surface area contributed by atoms with Crippen LogP contribution in [0.4, 0.5) is 8.78 Å². The molecule has 0 spiro atoms. The van der Waals surface area contributed by atoms with Crippen LogP contribution in [0.25, 0.3) is 22.3 Å². The number of aryl methyl sites for hydroxylation is 2. The van der Waals surface area contributed by atoms with Gasteiger partial charge in [0, 0.05) is 11.5 Å². The zero-order valence-electron chi connectivity index (χ0n) is 11.4. The molecule has 0 radical (unpaired) electrons. The zero-order valence-corrected chi connectivity index (χ0v) is 12.2. The standard InChI is InChI=1S/C16H11ClF2N2/c1-8-3-4-10(13(19)5-8)16-20-14-7-12(18)9(2)6-11(14)15(17)21-16/h3-7H,1-2H3. The summed E-state index contributed by atoms with van der Waals surface area (Å²) in [5.74, 6) is -0.668. The smallest absolute Gasteiger partial charge is 0.164 e. The molecule has 5 heteroatoms. The van der Waals surface area contributed by atoms with Gasteiger partial charge in [0.15, 0.2) is 5.82 Å². The van der Waals surface area contributed by atoms with Crippen LogP contribution in [0.2, 0.25) is 5.15 Å². The van der Waals surface area contributed by atoms with E-state index in [0.29, 0.717) is 16.5 Å². The van der Waals surface area contributed by atoms with E-state index < -0.39 is 5.82 Å². The summed E-state index contributed by atoms with van der Waals surface area (Å²) in [7, 11) is 0. The molecule has 0 atom stereocenters. The molecule has 1 heterocycles. The minimum absolute atomic E-state index is 0.147. The molecule has 0 aliphatic carbocycles. The highest BCUT2D eigenvalue weighted by molar-refractivity contribution is 6.34. The van der Waals surface area contributed by atoms with E-state index in [9.17, 15) is 8.78 Å². The molecule has 0 unspecified atom stereocenters. The molecule has 1 aromatic heterocycles. The van der Waals surface area contributed by atoms with Crippen LogP contribution in [0.15, 0.2) is 30.3 Å². The van der Waals surface area contributed by atoms with Crippen LogP contribution in [-0.4, -0.2) is 9.97 Å². The van der Waals surface area contributed by atoms with Gasteiger partial charge in [0.25, 0.3) is 0 Å². The first kappa shape index (κ1) is 13.9. The summed E-state index contributed by atoms with van der Waals surface area (Å²) < 4.78 is 27.7. The van der Waals surface area contributed by atoms with Crippen LogP contribution in [-0.2, 0) is 0 Å². The van der Waals surface area contributed by atoms with Crippen molar-refractivity contribution < 1.29 is 8.78 Å². The maximum Gasteiger partial charge on any atom is 0.164 e. The Morgan fingerprint density at radius 3 is 2.43 bits per heavy atom. The second-order valence-electron chi connectivity index (χ2n) is 4.94. The van der Waals surface area contributed by atoms with Crippen LogP contribution in [0.1, 0.15) is 11.1 Å². The van der Waals surface area contributed by atoms with Crippen molar-refractivity contribution in [1.82, 2.24) is 9.97 Å². The van der Waals surface area contributed by atoms with Gasteiger partial charge in [0.2, 0.25) is 0 Å². The monoisotopic (exact) mass is 304 g/mol. The van der Waals surface area contributed by atoms with Gasteiger partial charge in [-0.25, -0.2) is 18.7 Å². The highest BCUT2D eigenvalue weighted by Gasteiger charge is 2.13. The fraction of sp³-hybridized carbons (Fsp3) is 0.125. The van der Waals surface area contributed by atoms with Gasteiger partial charge in [-0.2, -0.15) is 0 Å². The summed E-state index contributed by atoms with van der Waals surface area (Å²) in [5.41, 5.74) is 1.85. The van der Waals surface area contributed by atoms with Gasteiger partial charge in [-0.1, -0.05) is 17.7 Å². The Labute approximate surface area is 125 Å².